The Bertz CT molecular complexity index is 590. The smallest absolute Gasteiger partial charge is 0.780 e. The van der Waals surface area contributed by atoms with Gasteiger partial charge < -0.3 is 18.2 Å². The Morgan fingerprint density at radius 2 is 0.826 bits per heavy atom. The van der Waals surface area contributed by atoms with Gasteiger partial charge in [-0.3, -0.25) is 21.7 Å². The summed E-state index contributed by atoms with van der Waals surface area (Å²) in [4.78, 5) is 0. The first kappa shape index (κ1) is 40.7. The molecular weight excluding hydrogens is 526 g/mol. The van der Waals surface area contributed by atoms with E-state index < -0.39 is 40.3 Å². The molecule has 23 heteroatoms. The van der Waals surface area contributed by atoms with Crippen LogP contribution in [0, 0.1) is 0 Å². The maximum Gasteiger partial charge on any atom is 2.00 e. The van der Waals surface area contributed by atoms with Crippen molar-refractivity contribution in [1.29, 1.82) is 0 Å². The summed E-state index contributed by atoms with van der Waals surface area (Å²) in [6, 6.07) is 0. The molecule has 0 heterocycles. The van der Waals surface area contributed by atoms with Crippen LogP contribution in [-0.2, 0) is 77.2 Å². The predicted octanol–water partition coefficient (Wildman–Crippen LogP) is -9.80. The molecule has 23 heavy (non-hydrogen) atoms. The van der Waals surface area contributed by atoms with Crippen molar-refractivity contribution >= 4 is 51.4 Å². The number of rotatable bonds is 3. The van der Waals surface area contributed by atoms with E-state index in [4.69, 9.17) is 39.9 Å². The van der Waals surface area contributed by atoms with E-state index in [2.05, 4.69) is 19.9 Å². The van der Waals surface area contributed by atoms with Crippen molar-refractivity contribution in [3.8, 4) is 0 Å². The molecule has 15 nitrogen and oxygen atoms in total. The van der Waals surface area contributed by atoms with Crippen LogP contribution in [0.2, 0.25) is 0 Å². The maximum atomic E-state index is 9.51. The van der Waals surface area contributed by atoms with Crippen molar-refractivity contribution in [1.82, 2.24) is 0 Å². The van der Waals surface area contributed by atoms with Crippen molar-refractivity contribution < 1.29 is 163 Å². The number of hydrogen-bond acceptors (Lipinski definition) is 14. The fourth-order valence-corrected chi connectivity index (χ4v) is 0.632. The average Bonchev–Trinajstić information content (AvgIpc) is 1.90. The van der Waals surface area contributed by atoms with Gasteiger partial charge in [-0.2, -0.15) is 16.8 Å². The minimum atomic E-state index is -5.17. The van der Waals surface area contributed by atoms with Gasteiger partial charge in [0.05, 0.1) is 0 Å². The van der Waals surface area contributed by atoms with Gasteiger partial charge in [-0.1, -0.05) is 8.67 Å². The zero-order chi connectivity index (χ0) is 17.4. The van der Waals surface area contributed by atoms with Crippen LogP contribution in [0.15, 0.2) is 0 Å². The van der Waals surface area contributed by atoms with Gasteiger partial charge in [-0.25, -0.2) is 0 Å². The molecule has 0 fully saturated rings. The Labute approximate surface area is 211 Å². The van der Waals surface area contributed by atoms with Crippen molar-refractivity contribution in [3.05, 3.63) is 0 Å². The van der Waals surface area contributed by atoms with Gasteiger partial charge in [0.1, 0.15) is 0 Å². The van der Waals surface area contributed by atoms with Crippen LogP contribution < -0.4 is 80.9 Å². The third-order valence-electron chi connectivity index (χ3n) is 0.200. The third-order valence-corrected chi connectivity index (χ3v) is 0.766. The second-order valence-corrected chi connectivity index (χ2v) is 6.65. The van der Waals surface area contributed by atoms with E-state index in [0.29, 0.717) is 0 Å². The summed E-state index contributed by atoms with van der Waals surface area (Å²) in [5, 5.41) is 0. The van der Waals surface area contributed by atoms with E-state index in [1.807, 2.05) is 0 Å². The molecule has 0 atom stereocenters. The Morgan fingerprint density at radius 1 is 0.739 bits per heavy atom. The van der Waals surface area contributed by atoms with Crippen LogP contribution in [-0.4, -0.2) is 56.8 Å². The van der Waals surface area contributed by atoms with E-state index in [-0.39, 0.29) is 98.0 Å². The molecule has 1 radical (unpaired) electrons. The molecule has 2 N–H and O–H groups in total. The predicted molar refractivity (Wildman–Crippen MR) is 52.8 cm³/mol. The SMILES string of the molecule is O=S(=O)(O)OOS(=O)(=O)O.O=S(=O)([O-])[O-].O=S([O-])([O-])=S.[Cu+2].[K+].[Na+]. The monoisotopic (exact) mass is 527 g/mol. The molecule has 0 aliphatic carbocycles. The van der Waals surface area contributed by atoms with Gasteiger partial charge >= 0.3 is 119 Å². The van der Waals surface area contributed by atoms with Crippen LogP contribution in [0.5, 0.6) is 0 Å². The zero-order valence-electron chi connectivity index (χ0n) is 10.5. The molecule has 0 saturated carbocycles. The van der Waals surface area contributed by atoms with Crippen molar-refractivity contribution in [3.63, 3.8) is 0 Å². The van der Waals surface area contributed by atoms with E-state index in [1.54, 1.807) is 0 Å². The molecule has 0 rings (SSSR count). The summed E-state index contributed by atoms with van der Waals surface area (Å²) < 4.78 is 120. The molecule has 0 aliphatic heterocycles. The fraction of sp³-hybridized carbons (Fsp3) is 0. The summed E-state index contributed by atoms with van der Waals surface area (Å²) >= 11 is 3.24. The second-order valence-electron chi connectivity index (χ2n) is 1.81. The number of hydrogen-bond donors (Lipinski definition) is 2. The molecule has 0 unspecified atom stereocenters. The first-order valence-corrected chi connectivity index (χ1v) is 9.26. The fourth-order valence-electron chi connectivity index (χ4n) is 0.0702. The van der Waals surface area contributed by atoms with Gasteiger partial charge in [0, 0.05) is 10.4 Å². The van der Waals surface area contributed by atoms with Crippen LogP contribution in [0.4, 0.5) is 0 Å². The largest absolute Gasteiger partial charge is 2.00 e. The van der Waals surface area contributed by atoms with Gasteiger partial charge in [-0.15, -0.1) is 9.05 Å². The van der Waals surface area contributed by atoms with Gasteiger partial charge in [0.15, 0.2) is 0 Å². The maximum absolute atomic E-state index is 9.51. The van der Waals surface area contributed by atoms with Crippen molar-refractivity contribution in [2.75, 3.05) is 0 Å². The molecular formula is H2CuKNaO15S5. The van der Waals surface area contributed by atoms with Crippen LogP contribution in [0.3, 0.4) is 0 Å². The summed E-state index contributed by atoms with van der Waals surface area (Å²) in [5.74, 6) is 0. The Morgan fingerprint density at radius 3 is 0.870 bits per heavy atom. The third kappa shape index (κ3) is 132. The molecule has 0 bridgehead atoms. The molecule has 0 aromatic heterocycles. The summed E-state index contributed by atoms with van der Waals surface area (Å²) in [7, 11) is -19.5. The topological polar surface area (TPSA) is 271 Å². The van der Waals surface area contributed by atoms with E-state index in [1.165, 1.54) is 0 Å². The minimum Gasteiger partial charge on any atom is -0.780 e. The zero-order valence-corrected chi connectivity index (χ0v) is 20.7. The molecule has 135 valence electrons. The molecule has 0 aromatic rings. The standard InChI is InChI=1S/Cu.K.Na.H2O8S2.H2O4S.H2O3S2/c;;;1-9(2,3)7-8-10(4,5)6;2*1-5(2,3)4/h;;;(H,1,2,3)(H,4,5,6);2*(H2,1,2,3,4)/q+2;2*+1;;;/p-4. The minimum absolute atomic E-state index is 0. The van der Waals surface area contributed by atoms with E-state index >= 15 is 0 Å². The van der Waals surface area contributed by atoms with Crippen LogP contribution in [0.25, 0.3) is 0 Å². The molecule has 0 amide bonds. The molecule has 0 saturated heterocycles. The van der Waals surface area contributed by atoms with Gasteiger partial charge in [0.25, 0.3) is 0 Å². The Hall–Kier alpha value is 3.06. The Kier molecular flexibility index (Phi) is 30.4. The van der Waals surface area contributed by atoms with Crippen LogP contribution in [0.1, 0.15) is 0 Å². The first-order chi connectivity index (χ1) is 8.21. The van der Waals surface area contributed by atoms with Crippen LogP contribution >= 0.6 is 0 Å². The summed E-state index contributed by atoms with van der Waals surface area (Å²) in [6.45, 7) is 0. The second kappa shape index (κ2) is 17.2. The summed E-state index contributed by atoms with van der Waals surface area (Å²) in [5.41, 5.74) is 0. The molecule has 0 aromatic carbocycles. The van der Waals surface area contributed by atoms with E-state index in [0.717, 1.165) is 0 Å². The Balaban J connectivity index is -0.0000000483. The quantitative estimate of drug-likeness (QED) is 0.113. The summed E-state index contributed by atoms with van der Waals surface area (Å²) in [6.07, 6.45) is 0. The van der Waals surface area contributed by atoms with Gasteiger partial charge in [-0.05, 0) is 11.2 Å². The first-order valence-electron chi connectivity index (χ1n) is 2.87. The normalized spacial score (nSPS) is 10.9. The average molecular weight is 528 g/mol. The van der Waals surface area contributed by atoms with E-state index in [9.17, 15) is 16.8 Å². The van der Waals surface area contributed by atoms with Gasteiger partial charge in [0.2, 0.25) is 0 Å². The molecule has 0 spiro atoms. The van der Waals surface area contributed by atoms with Crippen molar-refractivity contribution in [2.24, 2.45) is 0 Å². The van der Waals surface area contributed by atoms with Crippen molar-refractivity contribution in [2.45, 2.75) is 0 Å². The molecule has 0 aliphatic rings.